The standard InChI is InChI=1S/C14H20N2O5S2/c1-15-23(20,21)12-6-5-11(22-12)8-16-13(17)9-3-2-4-10(7-9)14(18)19/h5-6,9-10,15H,2-4,7-8H2,1H3,(H,16,17)(H,18,19). The number of thiophene rings is 1. The number of carbonyl (C=O) groups is 2. The summed E-state index contributed by atoms with van der Waals surface area (Å²) in [6.45, 7) is 0.247. The molecule has 0 spiro atoms. The Bertz CT molecular complexity index is 683. The van der Waals surface area contributed by atoms with Gasteiger partial charge in [0.1, 0.15) is 4.21 Å². The molecule has 0 radical (unpaired) electrons. The zero-order valence-corrected chi connectivity index (χ0v) is 14.4. The largest absolute Gasteiger partial charge is 0.481 e. The topological polar surface area (TPSA) is 113 Å². The minimum atomic E-state index is -3.46. The summed E-state index contributed by atoms with van der Waals surface area (Å²) in [4.78, 5) is 23.9. The van der Waals surface area contributed by atoms with Crippen LogP contribution in [0.3, 0.4) is 0 Å². The average molecular weight is 360 g/mol. The van der Waals surface area contributed by atoms with Crippen molar-refractivity contribution in [2.24, 2.45) is 11.8 Å². The van der Waals surface area contributed by atoms with Gasteiger partial charge >= 0.3 is 5.97 Å². The molecule has 7 nitrogen and oxygen atoms in total. The number of hydrogen-bond acceptors (Lipinski definition) is 5. The van der Waals surface area contributed by atoms with Gasteiger partial charge in [0.05, 0.1) is 12.5 Å². The van der Waals surface area contributed by atoms with Crippen molar-refractivity contribution in [3.8, 4) is 0 Å². The number of carboxylic acids is 1. The van der Waals surface area contributed by atoms with Crippen LogP contribution in [0.4, 0.5) is 0 Å². The molecule has 2 rings (SSSR count). The van der Waals surface area contributed by atoms with Gasteiger partial charge in [-0.25, -0.2) is 13.1 Å². The summed E-state index contributed by atoms with van der Waals surface area (Å²) in [5.41, 5.74) is 0. The fourth-order valence-corrected chi connectivity index (χ4v) is 4.80. The Balaban J connectivity index is 1.91. The van der Waals surface area contributed by atoms with E-state index in [9.17, 15) is 18.0 Å². The molecule has 2 atom stereocenters. The molecule has 0 saturated heterocycles. The van der Waals surface area contributed by atoms with E-state index >= 15 is 0 Å². The summed E-state index contributed by atoms with van der Waals surface area (Å²) in [5.74, 6) is -1.75. The highest BCUT2D eigenvalue weighted by atomic mass is 32.2. The molecule has 1 amide bonds. The molecule has 1 saturated carbocycles. The molecule has 1 aromatic heterocycles. The molecule has 1 aromatic rings. The smallest absolute Gasteiger partial charge is 0.306 e. The van der Waals surface area contributed by atoms with E-state index in [1.165, 1.54) is 13.1 Å². The van der Waals surface area contributed by atoms with Crippen LogP contribution >= 0.6 is 11.3 Å². The van der Waals surface area contributed by atoms with Gasteiger partial charge in [-0.15, -0.1) is 11.3 Å². The number of hydrogen-bond donors (Lipinski definition) is 3. The molecule has 0 bridgehead atoms. The van der Waals surface area contributed by atoms with Crippen LogP contribution in [0.1, 0.15) is 30.6 Å². The molecule has 23 heavy (non-hydrogen) atoms. The molecular formula is C14H20N2O5S2. The summed E-state index contributed by atoms with van der Waals surface area (Å²) in [5, 5.41) is 11.8. The number of sulfonamides is 1. The third kappa shape index (κ3) is 4.52. The van der Waals surface area contributed by atoms with E-state index in [0.717, 1.165) is 22.6 Å². The second-order valence-corrected chi connectivity index (χ2v) is 8.83. The zero-order valence-electron chi connectivity index (χ0n) is 12.7. The molecule has 3 N–H and O–H groups in total. The minimum Gasteiger partial charge on any atom is -0.481 e. The molecule has 0 aliphatic heterocycles. The third-order valence-corrected chi connectivity index (χ3v) is 6.99. The highest BCUT2D eigenvalue weighted by Gasteiger charge is 2.30. The van der Waals surface area contributed by atoms with Crippen molar-refractivity contribution in [1.82, 2.24) is 10.0 Å². The summed E-state index contributed by atoms with van der Waals surface area (Å²) in [6, 6.07) is 3.16. The monoisotopic (exact) mass is 360 g/mol. The van der Waals surface area contributed by atoms with Gasteiger partial charge in [0.15, 0.2) is 0 Å². The Morgan fingerprint density at radius 3 is 2.65 bits per heavy atom. The van der Waals surface area contributed by atoms with Crippen LogP contribution in [0.25, 0.3) is 0 Å². The lowest BCUT2D eigenvalue weighted by Gasteiger charge is -2.25. The van der Waals surface area contributed by atoms with E-state index in [1.54, 1.807) is 6.07 Å². The molecule has 1 heterocycles. The van der Waals surface area contributed by atoms with Crippen LogP contribution in [-0.4, -0.2) is 32.4 Å². The molecule has 128 valence electrons. The van der Waals surface area contributed by atoms with Crippen LogP contribution in [-0.2, 0) is 26.2 Å². The maximum absolute atomic E-state index is 12.2. The number of aliphatic carboxylic acids is 1. The maximum Gasteiger partial charge on any atom is 0.306 e. The SMILES string of the molecule is CNS(=O)(=O)c1ccc(CNC(=O)C2CCCC(C(=O)O)C2)s1. The number of rotatable bonds is 6. The van der Waals surface area contributed by atoms with Gasteiger partial charge in [0.25, 0.3) is 0 Å². The number of carbonyl (C=O) groups excluding carboxylic acids is 1. The third-order valence-electron chi connectivity index (χ3n) is 4.00. The second-order valence-electron chi connectivity index (χ2n) is 5.54. The average Bonchev–Trinajstić information content (AvgIpc) is 3.02. The summed E-state index contributed by atoms with van der Waals surface area (Å²) in [6.07, 6.45) is 2.42. The van der Waals surface area contributed by atoms with Crippen molar-refractivity contribution in [3.05, 3.63) is 17.0 Å². The van der Waals surface area contributed by atoms with Gasteiger partial charge in [-0.3, -0.25) is 9.59 Å². The highest BCUT2D eigenvalue weighted by molar-refractivity contribution is 7.91. The fraction of sp³-hybridized carbons (Fsp3) is 0.571. The quantitative estimate of drug-likeness (QED) is 0.705. The highest BCUT2D eigenvalue weighted by Crippen LogP contribution is 2.29. The van der Waals surface area contributed by atoms with E-state index in [4.69, 9.17) is 5.11 Å². The van der Waals surface area contributed by atoms with Crippen LogP contribution in [0.5, 0.6) is 0 Å². The van der Waals surface area contributed by atoms with Crippen molar-refractivity contribution in [2.75, 3.05) is 7.05 Å². The second kappa shape index (κ2) is 7.41. The van der Waals surface area contributed by atoms with E-state index in [0.29, 0.717) is 19.3 Å². The van der Waals surface area contributed by atoms with Gasteiger partial charge in [0, 0.05) is 10.8 Å². The van der Waals surface area contributed by atoms with E-state index in [2.05, 4.69) is 10.0 Å². The van der Waals surface area contributed by atoms with Gasteiger partial charge in [-0.1, -0.05) is 6.42 Å². The Labute approximate surface area is 139 Å². The van der Waals surface area contributed by atoms with Crippen molar-refractivity contribution >= 4 is 33.2 Å². The molecule has 1 aliphatic carbocycles. The molecule has 1 fully saturated rings. The Kier molecular flexibility index (Phi) is 5.77. The lowest BCUT2D eigenvalue weighted by molar-refractivity contribution is -0.144. The zero-order chi connectivity index (χ0) is 17.0. The number of amides is 1. The van der Waals surface area contributed by atoms with Gasteiger partial charge in [0.2, 0.25) is 15.9 Å². The molecule has 1 aliphatic rings. The van der Waals surface area contributed by atoms with Crippen molar-refractivity contribution in [3.63, 3.8) is 0 Å². The maximum atomic E-state index is 12.2. The first kappa shape index (κ1) is 17.9. The van der Waals surface area contributed by atoms with Gasteiger partial charge in [-0.05, 0) is 38.4 Å². The Morgan fingerprint density at radius 2 is 2.00 bits per heavy atom. The number of carboxylic acid groups (broad SMARTS) is 1. The van der Waals surface area contributed by atoms with Crippen LogP contribution in [0.15, 0.2) is 16.3 Å². The summed E-state index contributed by atoms with van der Waals surface area (Å²) in [7, 11) is -2.12. The van der Waals surface area contributed by atoms with Crippen LogP contribution < -0.4 is 10.0 Å². The van der Waals surface area contributed by atoms with E-state index < -0.39 is 21.9 Å². The van der Waals surface area contributed by atoms with Gasteiger partial charge in [-0.2, -0.15) is 0 Å². The Hall–Kier alpha value is -1.45. The predicted molar refractivity (Wildman–Crippen MR) is 85.5 cm³/mol. The van der Waals surface area contributed by atoms with Crippen LogP contribution in [0.2, 0.25) is 0 Å². The first-order valence-corrected chi connectivity index (χ1v) is 9.66. The normalized spacial score (nSPS) is 21.8. The van der Waals surface area contributed by atoms with Crippen LogP contribution in [0, 0.1) is 11.8 Å². The van der Waals surface area contributed by atoms with Crippen molar-refractivity contribution in [1.29, 1.82) is 0 Å². The van der Waals surface area contributed by atoms with Crippen molar-refractivity contribution < 1.29 is 23.1 Å². The van der Waals surface area contributed by atoms with E-state index in [1.807, 2.05) is 0 Å². The summed E-state index contributed by atoms with van der Waals surface area (Å²) < 4.78 is 25.8. The molecule has 9 heteroatoms. The summed E-state index contributed by atoms with van der Waals surface area (Å²) >= 11 is 1.10. The molecular weight excluding hydrogens is 340 g/mol. The fourth-order valence-electron chi connectivity index (χ4n) is 2.67. The first-order chi connectivity index (χ1) is 10.8. The minimum absolute atomic E-state index is 0.164. The predicted octanol–water partition coefficient (Wildman–Crippen LogP) is 1.16. The first-order valence-electron chi connectivity index (χ1n) is 7.36. The Morgan fingerprint density at radius 1 is 1.30 bits per heavy atom. The molecule has 2 unspecified atom stereocenters. The van der Waals surface area contributed by atoms with Crippen molar-refractivity contribution in [2.45, 2.75) is 36.4 Å². The van der Waals surface area contributed by atoms with E-state index in [-0.39, 0.29) is 22.6 Å². The lowest BCUT2D eigenvalue weighted by Crippen LogP contribution is -2.35. The van der Waals surface area contributed by atoms with Gasteiger partial charge < -0.3 is 10.4 Å². The molecule has 0 aromatic carbocycles. The number of nitrogens with one attached hydrogen (secondary N) is 2. The lowest BCUT2D eigenvalue weighted by atomic mass is 9.81.